The van der Waals surface area contributed by atoms with Crippen molar-refractivity contribution in [3.05, 3.63) is 0 Å². The highest BCUT2D eigenvalue weighted by molar-refractivity contribution is 5.05. The summed E-state index contributed by atoms with van der Waals surface area (Å²) in [5.74, 6) is 0. The lowest BCUT2D eigenvalue weighted by atomic mass is 9.91. The van der Waals surface area contributed by atoms with Gasteiger partial charge < -0.3 is 0 Å². The van der Waals surface area contributed by atoms with Gasteiger partial charge in [-0.15, -0.1) is 0 Å². The van der Waals surface area contributed by atoms with Crippen LogP contribution in [0.25, 0.3) is 0 Å². The van der Waals surface area contributed by atoms with Crippen molar-refractivity contribution in [3.8, 4) is 6.07 Å². The van der Waals surface area contributed by atoms with E-state index in [2.05, 4.69) is 32.2 Å². The molecular formula is C11H22N2. The van der Waals surface area contributed by atoms with E-state index in [4.69, 9.17) is 5.26 Å². The first kappa shape index (κ1) is 12.4. The van der Waals surface area contributed by atoms with E-state index in [1.54, 1.807) is 0 Å². The molecule has 76 valence electrons. The molecule has 0 aliphatic heterocycles. The van der Waals surface area contributed by atoms with Crippen LogP contribution in [0.3, 0.4) is 0 Å². The number of hydrogen-bond donors (Lipinski definition) is 1. The Balaban J connectivity index is 4.07. The SMILES string of the molecule is CCCCC(C#N)(CC)NCCC. The minimum atomic E-state index is -0.258. The first-order valence-corrected chi connectivity index (χ1v) is 5.41. The summed E-state index contributed by atoms with van der Waals surface area (Å²) in [7, 11) is 0. The predicted octanol–water partition coefficient (Wildman–Crippen LogP) is 2.85. The highest BCUT2D eigenvalue weighted by atomic mass is 15.0. The topological polar surface area (TPSA) is 35.8 Å². The van der Waals surface area contributed by atoms with Crippen molar-refractivity contribution in [1.29, 1.82) is 5.26 Å². The lowest BCUT2D eigenvalue weighted by Gasteiger charge is -2.26. The molecule has 0 bridgehead atoms. The van der Waals surface area contributed by atoms with E-state index in [-0.39, 0.29) is 5.54 Å². The van der Waals surface area contributed by atoms with Gasteiger partial charge in [-0.3, -0.25) is 5.32 Å². The number of unbranched alkanes of at least 4 members (excludes halogenated alkanes) is 1. The summed E-state index contributed by atoms with van der Waals surface area (Å²) in [4.78, 5) is 0. The smallest absolute Gasteiger partial charge is 0.106 e. The molecule has 0 saturated carbocycles. The van der Waals surface area contributed by atoms with Crippen LogP contribution in [-0.2, 0) is 0 Å². The van der Waals surface area contributed by atoms with Crippen molar-refractivity contribution >= 4 is 0 Å². The number of nitrogens with one attached hydrogen (secondary N) is 1. The number of rotatable bonds is 7. The molecule has 0 amide bonds. The summed E-state index contributed by atoms with van der Waals surface area (Å²) in [6.07, 6.45) is 5.28. The molecule has 0 spiro atoms. The van der Waals surface area contributed by atoms with Crippen LogP contribution in [0.2, 0.25) is 0 Å². The lowest BCUT2D eigenvalue weighted by Crippen LogP contribution is -2.43. The molecule has 0 rings (SSSR count). The van der Waals surface area contributed by atoms with Gasteiger partial charge in [-0.25, -0.2) is 0 Å². The number of nitrogens with zero attached hydrogens (tertiary/aromatic N) is 1. The molecular weight excluding hydrogens is 160 g/mol. The Hall–Kier alpha value is -0.550. The maximum Gasteiger partial charge on any atom is 0.106 e. The van der Waals surface area contributed by atoms with Gasteiger partial charge in [0, 0.05) is 0 Å². The van der Waals surface area contributed by atoms with E-state index in [1.807, 2.05) is 0 Å². The second-order valence-corrected chi connectivity index (χ2v) is 3.58. The lowest BCUT2D eigenvalue weighted by molar-refractivity contribution is 0.363. The molecule has 0 fully saturated rings. The number of nitriles is 1. The van der Waals surface area contributed by atoms with Gasteiger partial charge >= 0.3 is 0 Å². The molecule has 2 heteroatoms. The summed E-state index contributed by atoms with van der Waals surface area (Å²) in [6, 6.07) is 2.42. The van der Waals surface area contributed by atoms with Crippen molar-refractivity contribution in [2.75, 3.05) is 6.54 Å². The summed E-state index contributed by atoms with van der Waals surface area (Å²) < 4.78 is 0. The van der Waals surface area contributed by atoms with Gasteiger partial charge in [0.2, 0.25) is 0 Å². The Labute approximate surface area is 82.3 Å². The summed E-state index contributed by atoms with van der Waals surface area (Å²) >= 11 is 0. The molecule has 0 aromatic heterocycles. The molecule has 2 nitrogen and oxygen atoms in total. The standard InChI is InChI=1S/C11H22N2/c1-4-7-8-11(6-3,10-12)13-9-5-2/h13H,4-9H2,1-3H3. The van der Waals surface area contributed by atoms with Crippen LogP contribution in [0.15, 0.2) is 0 Å². The Morgan fingerprint density at radius 3 is 2.31 bits per heavy atom. The van der Waals surface area contributed by atoms with Gasteiger partial charge in [0.1, 0.15) is 5.54 Å². The fourth-order valence-corrected chi connectivity index (χ4v) is 1.41. The average Bonchev–Trinajstić information content (AvgIpc) is 2.20. The Morgan fingerprint density at radius 2 is 1.92 bits per heavy atom. The molecule has 0 heterocycles. The molecule has 0 aliphatic rings. The van der Waals surface area contributed by atoms with Gasteiger partial charge in [-0.1, -0.05) is 33.6 Å². The van der Waals surface area contributed by atoms with Crippen molar-refractivity contribution in [2.45, 2.75) is 58.4 Å². The summed E-state index contributed by atoms with van der Waals surface area (Å²) in [5.41, 5.74) is -0.258. The average molecular weight is 182 g/mol. The van der Waals surface area contributed by atoms with Crippen LogP contribution in [0, 0.1) is 11.3 Å². The highest BCUT2D eigenvalue weighted by Crippen LogP contribution is 2.17. The fraction of sp³-hybridized carbons (Fsp3) is 0.909. The quantitative estimate of drug-likeness (QED) is 0.657. The van der Waals surface area contributed by atoms with E-state index in [0.717, 1.165) is 38.6 Å². The van der Waals surface area contributed by atoms with Crippen LogP contribution < -0.4 is 5.32 Å². The van der Waals surface area contributed by atoms with Crippen LogP contribution in [0.5, 0.6) is 0 Å². The maximum atomic E-state index is 9.12. The molecule has 0 aliphatic carbocycles. The van der Waals surface area contributed by atoms with Crippen LogP contribution >= 0.6 is 0 Å². The molecule has 0 aromatic rings. The molecule has 1 N–H and O–H groups in total. The largest absolute Gasteiger partial charge is 0.299 e. The first-order valence-electron chi connectivity index (χ1n) is 5.41. The third-order valence-electron chi connectivity index (χ3n) is 2.49. The Bertz CT molecular complexity index is 150. The predicted molar refractivity (Wildman–Crippen MR) is 56.5 cm³/mol. The first-order chi connectivity index (χ1) is 6.24. The summed E-state index contributed by atoms with van der Waals surface area (Å²) in [5, 5.41) is 12.5. The van der Waals surface area contributed by atoms with Gasteiger partial charge in [-0.05, 0) is 25.8 Å². The van der Waals surface area contributed by atoms with E-state index in [0.29, 0.717) is 0 Å². The van der Waals surface area contributed by atoms with Crippen LogP contribution in [-0.4, -0.2) is 12.1 Å². The normalized spacial score (nSPS) is 14.9. The molecule has 1 atom stereocenters. The highest BCUT2D eigenvalue weighted by Gasteiger charge is 2.25. The molecule has 0 radical (unpaired) electrons. The van der Waals surface area contributed by atoms with Crippen molar-refractivity contribution in [1.82, 2.24) is 5.32 Å². The zero-order valence-corrected chi connectivity index (χ0v) is 9.19. The Morgan fingerprint density at radius 1 is 1.23 bits per heavy atom. The van der Waals surface area contributed by atoms with E-state index in [1.165, 1.54) is 0 Å². The fourth-order valence-electron chi connectivity index (χ4n) is 1.41. The van der Waals surface area contributed by atoms with E-state index < -0.39 is 0 Å². The van der Waals surface area contributed by atoms with Crippen molar-refractivity contribution < 1.29 is 0 Å². The third-order valence-corrected chi connectivity index (χ3v) is 2.49. The molecule has 13 heavy (non-hydrogen) atoms. The molecule has 1 unspecified atom stereocenters. The van der Waals surface area contributed by atoms with E-state index in [9.17, 15) is 0 Å². The molecule has 0 saturated heterocycles. The maximum absolute atomic E-state index is 9.12. The van der Waals surface area contributed by atoms with Gasteiger partial charge in [0.05, 0.1) is 6.07 Å². The monoisotopic (exact) mass is 182 g/mol. The van der Waals surface area contributed by atoms with Crippen molar-refractivity contribution in [2.24, 2.45) is 0 Å². The second-order valence-electron chi connectivity index (χ2n) is 3.58. The van der Waals surface area contributed by atoms with Gasteiger partial charge in [0.15, 0.2) is 0 Å². The minimum Gasteiger partial charge on any atom is -0.299 e. The van der Waals surface area contributed by atoms with Crippen LogP contribution in [0.4, 0.5) is 0 Å². The van der Waals surface area contributed by atoms with E-state index >= 15 is 0 Å². The molecule has 0 aromatic carbocycles. The third kappa shape index (κ3) is 4.28. The van der Waals surface area contributed by atoms with Gasteiger partial charge in [-0.2, -0.15) is 5.26 Å². The summed E-state index contributed by atoms with van der Waals surface area (Å²) in [6.45, 7) is 7.33. The Kier molecular flexibility index (Phi) is 6.62. The second kappa shape index (κ2) is 6.91. The van der Waals surface area contributed by atoms with Gasteiger partial charge in [0.25, 0.3) is 0 Å². The zero-order chi connectivity index (χ0) is 10.2. The zero-order valence-electron chi connectivity index (χ0n) is 9.19. The van der Waals surface area contributed by atoms with Crippen LogP contribution in [0.1, 0.15) is 52.9 Å². The number of hydrogen-bond acceptors (Lipinski definition) is 2. The minimum absolute atomic E-state index is 0.258. The van der Waals surface area contributed by atoms with Crippen molar-refractivity contribution in [3.63, 3.8) is 0 Å².